The third-order valence-corrected chi connectivity index (χ3v) is 4.67. The molecule has 88 valence electrons. The van der Waals surface area contributed by atoms with Crippen molar-refractivity contribution in [3.8, 4) is 0 Å². The maximum Gasteiger partial charge on any atom is 0.115 e. The van der Waals surface area contributed by atoms with Crippen molar-refractivity contribution in [1.82, 2.24) is 14.9 Å². The second-order valence-electron chi connectivity index (χ2n) is 4.26. The minimum Gasteiger partial charge on any atom is -0.328 e. The predicted octanol–water partition coefficient (Wildman–Crippen LogP) is 1.05. The van der Waals surface area contributed by atoms with Gasteiger partial charge in [-0.25, -0.2) is 9.97 Å². The Kier molecular flexibility index (Phi) is 3.47. The van der Waals surface area contributed by atoms with Crippen LogP contribution in [0.3, 0.4) is 0 Å². The third-order valence-electron chi connectivity index (χ3n) is 3.31. The summed E-state index contributed by atoms with van der Waals surface area (Å²) in [5, 5.41) is 0. The lowest BCUT2D eigenvalue weighted by Gasteiger charge is -2.45. The van der Waals surface area contributed by atoms with Crippen LogP contribution in [0.15, 0.2) is 18.6 Å². The van der Waals surface area contributed by atoms with Gasteiger partial charge in [0.2, 0.25) is 0 Å². The van der Waals surface area contributed by atoms with E-state index in [4.69, 9.17) is 5.73 Å². The van der Waals surface area contributed by atoms with E-state index in [0.29, 0.717) is 0 Å². The van der Waals surface area contributed by atoms with Crippen LogP contribution in [0.5, 0.6) is 0 Å². The van der Waals surface area contributed by atoms with Crippen molar-refractivity contribution in [2.24, 2.45) is 5.73 Å². The van der Waals surface area contributed by atoms with Crippen LogP contribution < -0.4 is 5.73 Å². The Morgan fingerprint density at radius 3 is 3.06 bits per heavy atom. The van der Waals surface area contributed by atoms with Gasteiger partial charge < -0.3 is 5.73 Å². The fraction of sp³-hybridized carbons (Fsp3) is 0.636. The molecule has 2 rings (SSSR count). The summed E-state index contributed by atoms with van der Waals surface area (Å²) in [4.78, 5) is 10.6. The lowest BCUT2D eigenvalue weighted by atomic mass is 9.95. The molecule has 2 unspecified atom stereocenters. The van der Waals surface area contributed by atoms with E-state index < -0.39 is 0 Å². The van der Waals surface area contributed by atoms with Crippen LogP contribution in [0, 0.1) is 0 Å². The maximum absolute atomic E-state index is 6.10. The summed E-state index contributed by atoms with van der Waals surface area (Å²) in [6.07, 6.45) is 7.54. The van der Waals surface area contributed by atoms with Gasteiger partial charge >= 0.3 is 0 Å². The van der Waals surface area contributed by atoms with E-state index in [1.807, 2.05) is 17.8 Å². The number of nitrogens with two attached hydrogens (primary N) is 1. The highest BCUT2D eigenvalue weighted by atomic mass is 32.2. The van der Waals surface area contributed by atoms with Gasteiger partial charge in [-0.05, 0) is 32.2 Å². The van der Waals surface area contributed by atoms with E-state index in [0.717, 1.165) is 25.1 Å². The molecule has 0 amide bonds. The van der Waals surface area contributed by atoms with Crippen LogP contribution in [-0.4, -0.2) is 40.8 Å². The molecular formula is C11H18N4S. The van der Waals surface area contributed by atoms with Crippen molar-refractivity contribution >= 4 is 11.8 Å². The van der Waals surface area contributed by atoms with E-state index in [1.165, 1.54) is 0 Å². The van der Waals surface area contributed by atoms with Gasteiger partial charge in [-0.15, -0.1) is 11.8 Å². The van der Waals surface area contributed by atoms with Crippen LogP contribution in [0.1, 0.15) is 18.5 Å². The van der Waals surface area contributed by atoms with Gasteiger partial charge in [-0.1, -0.05) is 0 Å². The molecule has 0 saturated carbocycles. The molecule has 5 heteroatoms. The molecular weight excluding hydrogens is 220 g/mol. The Labute approximate surface area is 101 Å². The predicted molar refractivity (Wildman–Crippen MR) is 67.1 cm³/mol. The highest BCUT2D eigenvalue weighted by Crippen LogP contribution is 2.43. The minimum atomic E-state index is -0.0827. The minimum absolute atomic E-state index is 0.0827. The number of hydrogen-bond donors (Lipinski definition) is 1. The fourth-order valence-electron chi connectivity index (χ4n) is 2.32. The van der Waals surface area contributed by atoms with Gasteiger partial charge in [-0.2, -0.15) is 0 Å². The van der Waals surface area contributed by atoms with Gasteiger partial charge in [-0.3, -0.25) is 4.90 Å². The van der Waals surface area contributed by atoms with E-state index >= 15 is 0 Å². The first-order valence-corrected chi connectivity index (χ1v) is 6.70. The molecule has 16 heavy (non-hydrogen) atoms. The van der Waals surface area contributed by atoms with E-state index in [1.54, 1.807) is 12.5 Å². The number of rotatable bonds is 2. The molecule has 0 aliphatic carbocycles. The van der Waals surface area contributed by atoms with Crippen molar-refractivity contribution in [2.45, 2.75) is 23.8 Å². The number of likely N-dealkylation sites (tertiary alicyclic amines) is 1. The zero-order valence-electron chi connectivity index (χ0n) is 9.76. The molecule has 1 aliphatic heterocycles. The largest absolute Gasteiger partial charge is 0.328 e. The first-order chi connectivity index (χ1) is 7.69. The number of aromatic nitrogens is 2. The lowest BCUT2D eigenvalue weighted by Crippen LogP contribution is -2.51. The van der Waals surface area contributed by atoms with Gasteiger partial charge in [0.15, 0.2) is 0 Å². The monoisotopic (exact) mass is 238 g/mol. The summed E-state index contributed by atoms with van der Waals surface area (Å²) in [6.45, 7) is 1.02. The molecule has 1 aliphatic rings. The quantitative estimate of drug-likeness (QED) is 0.834. The van der Waals surface area contributed by atoms with Crippen molar-refractivity contribution < 1.29 is 0 Å². The van der Waals surface area contributed by atoms with Crippen molar-refractivity contribution in [3.63, 3.8) is 0 Å². The first-order valence-electron chi connectivity index (χ1n) is 5.47. The zero-order chi connectivity index (χ0) is 11.6. The SMILES string of the molecule is CSC1(c2ccncn2)CC(N)CCN1C. The number of hydrogen-bond acceptors (Lipinski definition) is 5. The van der Waals surface area contributed by atoms with E-state index in [9.17, 15) is 0 Å². The molecule has 0 spiro atoms. The number of thioether (sulfide) groups is 1. The number of nitrogens with zero attached hydrogens (tertiary/aromatic N) is 3. The normalized spacial score (nSPS) is 31.6. The van der Waals surface area contributed by atoms with E-state index in [2.05, 4.69) is 28.2 Å². The van der Waals surface area contributed by atoms with Crippen LogP contribution in [-0.2, 0) is 4.87 Å². The van der Waals surface area contributed by atoms with Crippen LogP contribution in [0.2, 0.25) is 0 Å². The molecule has 1 fully saturated rings. The summed E-state index contributed by atoms with van der Waals surface area (Å²) in [7, 11) is 2.14. The molecule has 2 atom stereocenters. The Morgan fingerprint density at radius 1 is 1.62 bits per heavy atom. The van der Waals surface area contributed by atoms with Gasteiger partial charge in [0.05, 0.1) is 5.69 Å². The van der Waals surface area contributed by atoms with Crippen molar-refractivity contribution in [1.29, 1.82) is 0 Å². The average Bonchev–Trinajstić information content (AvgIpc) is 2.33. The molecule has 1 aromatic heterocycles. The highest BCUT2D eigenvalue weighted by molar-refractivity contribution is 7.99. The zero-order valence-corrected chi connectivity index (χ0v) is 10.6. The summed E-state index contributed by atoms with van der Waals surface area (Å²) in [5.41, 5.74) is 7.16. The topological polar surface area (TPSA) is 55.0 Å². The molecule has 1 aromatic rings. The summed E-state index contributed by atoms with van der Waals surface area (Å²) >= 11 is 1.81. The Hall–Kier alpha value is -0.650. The second-order valence-corrected chi connectivity index (χ2v) is 5.34. The molecule has 0 bridgehead atoms. The first kappa shape index (κ1) is 11.8. The second kappa shape index (κ2) is 4.69. The molecule has 4 nitrogen and oxygen atoms in total. The summed E-state index contributed by atoms with van der Waals surface area (Å²) in [5.74, 6) is 0. The molecule has 0 aromatic carbocycles. The van der Waals surface area contributed by atoms with Gasteiger partial charge in [0.25, 0.3) is 0 Å². The highest BCUT2D eigenvalue weighted by Gasteiger charge is 2.41. The summed E-state index contributed by atoms with van der Waals surface area (Å²) in [6, 6.07) is 2.25. The van der Waals surface area contributed by atoms with Gasteiger partial charge in [0, 0.05) is 18.8 Å². The third kappa shape index (κ3) is 1.95. The fourth-order valence-corrected chi connectivity index (χ4v) is 3.43. The van der Waals surface area contributed by atoms with E-state index in [-0.39, 0.29) is 10.9 Å². The van der Waals surface area contributed by atoms with Crippen molar-refractivity contribution in [2.75, 3.05) is 19.8 Å². The van der Waals surface area contributed by atoms with Gasteiger partial charge in [0.1, 0.15) is 11.2 Å². The van der Waals surface area contributed by atoms with Crippen molar-refractivity contribution in [3.05, 3.63) is 24.3 Å². The van der Waals surface area contributed by atoms with Crippen LogP contribution >= 0.6 is 11.8 Å². The maximum atomic E-state index is 6.10. The molecule has 2 N–H and O–H groups in total. The molecule has 0 radical (unpaired) electrons. The Morgan fingerprint density at radius 2 is 2.44 bits per heavy atom. The summed E-state index contributed by atoms with van der Waals surface area (Å²) < 4.78 is 0. The molecule has 1 saturated heterocycles. The Balaban J connectivity index is 2.37. The number of piperidine rings is 1. The standard InChI is InChI=1S/C11H18N4S/c1-15-6-4-9(12)7-11(15,16-2)10-3-5-13-8-14-10/h3,5,8-9H,4,6-7,12H2,1-2H3. The smallest absolute Gasteiger partial charge is 0.115 e. The lowest BCUT2D eigenvalue weighted by molar-refractivity contribution is 0.137. The van der Waals surface area contributed by atoms with Crippen LogP contribution in [0.4, 0.5) is 0 Å². The van der Waals surface area contributed by atoms with Crippen LogP contribution in [0.25, 0.3) is 0 Å². The Bertz CT molecular complexity index is 345. The average molecular weight is 238 g/mol. The molecule has 2 heterocycles.